The summed E-state index contributed by atoms with van der Waals surface area (Å²) in [5, 5.41) is 12.6. The highest BCUT2D eigenvalue weighted by Crippen LogP contribution is 2.26. The Morgan fingerprint density at radius 3 is 2.48 bits per heavy atom. The maximum atomic E-state index is 12.1. The Bertz CT molecular complexity index is 1070. The molecule has 1 aliphatic rings. The fourth-order valence-corrected chi connectivity index (χ4v) is 2.87. The third kappa shape index (κ3) is 3.74. The van der Waals surface area contributed by atoms with Gasteiger partial charge in [0.25, 0.3) is 5.91 Å². The average Bonchev–Trinajstić information content (AvgIpc) is 3.47. The van der Waals surface area contributed by atoms with E-state index in [0.29, 0.717) is 28.6 Å². The predicted molar refractivity (Wildman–Crippen MR) is 103 cm³/mol. The highest BCUT2D eigenvalue weighted by molar-refractivity contribution is 5.95. The molecule has 1 aromatic heterocycles. The second-order valence-corrected chi connectivity index (χ2v) is 6.81. The van der Waals surface area contributed by atoms with Gasteiger partial charge in [-0.25, -0.2) is 4.79 Å². The van der Waals surface area contributed by atoms with Gasteiger partial charge in [0, 0.05) is 17.2 Å². The van der Waals surface area contributed by atoms with Crippen molar-refractivity contribution in [1.82, 2.24) is 15.3 Å². The normalized spacial score (nSPS) is 13.4. The molecule has 3 N–H and O–H groups in total. The number of nitrogens with zero attached hydrogens (tertiary/aromatic N) is 1. The molecule has 0 spiro atoms. The van der Waals surface area contributed by atoms with Crippen molar-refractivity contribution < 1.29 is 9.90 Å². The van der Waals surface area contributed by atoms with Gasteiger partial charge in [0.05, 0.1) is 11.4 Å². The molecule has 0 unspecified atom stereocenters. The van der Waals surface area contributed by atoms with Crippen LogP contribution in [0.15, 0.2) is 53.3 Å². The van der Waals surface area contributed by atoms with E-state index >= 15 is 0 Å². The Morgan fingerprint density at radius 2 is 1.81 bits per heavy atom. The van der Waals surface area contributed by atoms with Gasteiger partial charge in [0.2, 0.25) is 0 Å². The van der Waals surface area contributed by atoms with Gasteiger partial charge in [-0.15, -0.1) is 0 Å². The summed E-state index contributed by atoms with van der Waals surface area (Å²) in [4.78, 5) is 30.9. The van der Waals surface area contributed by atoms with E-state index in [9.17, 15) is 14.7 Å². The first-order valence-electron chi connectivity index (χ1n) is 8.82. The number of phenols is 1. The highest BCUT2D eigenvalue weighted by atomic mass is 16.3. The molecule has 27 heavy (non-hydrogen) atoms. The molecule has 136 valence electrons. The third-order valence-corrected chi connectivity index (χ3v) is 4.61. The Labute approximate surface area is 155 Å². The summed E-state index contributed by atoms with van der Waals surface area (Å²) in [6, 6.07) is 14.3. The first kappa shape index (κ1) is 17.0. The minimum absolute atomic E-state index is 0.0764. The van der Waals surface area contributed by atoms with Crippen LogP contribution in [0, 0.1) is 6.92 Å². The van der Waals surface area contributed by atoms with Crippen molar-refractivity contribution >= 4 is 5.91 Å². The minimum atomic E-state index is -0.455. The Morgan fingerprint density at radius 1 is 1.11 bits per heavy atom. The molecule has 1 heterocycles. The number of benzene rings is 2. The standard InChI is InChI=1S/C21H19N3O3/c1-12-10-15(6-9-19(12)25)18-11-17(23-21(27)24-18)13-2-4-14(5-3-13)20(26)22-16-7-8-16/h2-6,9-11,16,25H,7-8H2,1H3,(H,22,26)(H,23,24,27). The summed E-state index contributed by atoms with van der Waals surface area (Å²) in [5.41, 5.74) is 3.52. The molecule has 1 fully saturated rings. The van der Waals surface area contributed by atoms with E-state index in [1.54, 1.807) is 55.5 Å². The fourth-order valence-electron chi connectivity index (χ4n) is 2.87. The van der Waals surface area contributed by atoms with E-state index in [1.807, 2.05) is 0 Å². The molecule has 6 heteroatoms. The summed E-state index contributed by atoms with van der Waals surface area (Å²) in [7, 11) is 0. The van der Waals surface area contributed by atoms with Crippen molar-refractivity contribution in [3.8, 4) is 28.3 Å². The van der Waals surface area contributed by atoms with Crippen LogP contribution in [0.1, 0.15) is 28.8 Å². The number of H-pyrrole nitrogens is 1. The zero-order chi connectivity index (χ0) is 19.0. The molecule has 0 radical (unpaired) electrons. The molecule has 1 saturated carbocycles. The second-order valence-electron chi connectivity index (χ2n) is 6.81. The molecular formula is C21H19N3O3. The lowest BCUT2D eigenvalue weighted by molar-refractivity contribution is 0.0951. The van der Waals surface area contributed by atoms with Crippen LogP contribution < -0.4 is 11.0 Å². The van der Waals surface area contributed by atoms with Crippen LogP contribution in [-0.2, 0) is 0 Å². The molecule has 1 aliphatic carbocycles. The van der Waals surface area contributed by atoms with E-state index < -0.39 is 5.69 Å². The SMILES string of the molecule is Cc1cc(-c2cc(-c3ccc(C(=O)NC4CC4)cc3)[nH]c(=O)n2)ccc1O. The molecule has 3 aromatic rings. The topological polar surface area (TPSA) is 95.1 Å². The number of aromatic nitrogens is 2. The van der Waals surface area contributed by atoms with Gasteiger partial charge in [-0.1, -0.05) is 12.1 Å². The van der Waals surface area contributed by atoms with Crippen molar-refractivity contribution in [2.24, 2.45) is 0 Å². The lowest BCUT2D eigenvalue weighted by Crippen LogP contribution is -2.25. The number of aromatic hydroxyl groups is 1. The second kappa shape index (κ2) is 6.72. The van der Waals surface area contributed by atoms with Crippen LogP contribution >= 0.6 is 0 Å². The van der Waals surface area contributed by atoms with Crippen molar-refractivity contribution in [2.75, 3.05) is 0 Å². The van der Waals surface area contributed by atoms with Crippen LogP contribution in [0.25, 0.3) is 22.5 Å². The third-order valence-electron chi connectivity index (χ3n) is 4.61. The molecule has 0 bridgehead atoms. The molecular weight excluding hydrogens is 342 g/mol. The minimum Gasteiger partial charge on any atom is -0.508 e. The van der Waals surface area contributed by atoms with Gasteiger partial charge in [-0.05, 0) is 67.3 Å². The summed E-state index contributed by atoms with van der Waals surface area (Å²) in [6.07, 6.45) is 2.09. The van der Waals surface area contributed by atoms with Gasteiger partial charge in [0.1, 0.15) is 5.75 Å². The molecule has 4 rings (SSSR count). The van der Waals surface area contributed by atoms with Crippen molar-refractivity contribution in [2.45, 2.75) is 25.8 Å². The van der Waals surface area contributed by atoms with E-state index in [4.69, 9.17) is 0 Å². The van der Waals surface area contributed by atoms with E-state index in [1.165, 1.54) is 0 Å². The highest BCUT2D eigenvalue weighted by Gasteiger charge is 2.23. The largest absolute Gasteiger partial charge is 0.508 e. The van der Waals surface area contributed by atoms with E-state index in [-0.39, 0.29) is 11.7 Å². The lowest BCUT2D eigenvalue weighted by Gasteiger charge is -2.08. The number of hydrogen-bond donors (Lipinski definition) is 3. The number of phenolic OH excluding ortho intramolecular Hbond substituents is 1. The smallest absolute Gasteiger partial charge is 0.345 e. The van der Waals surface area contributed by atoms with Gasteiger partial charge in [-0.3, -0.25) is 4.79 Å². The van der Waals surface area contributed by atoms with Crippen molar-refractivity contribution in [1.29, 1.82) is 0 Å². The fraction of sp³-hybridized carbons (Fsp3) is 0.190. The van der Waals surface area contributed by atoms with Crippen molar-refractivity contribution in [3.63, 3.8) is 0 Å². The quantitative estimate of drug-likeness (QED) is 0.666. The van der Waals surface area contributed by atoms with Crippen LogP contribution in [-0.4, -0.2) is 27.0 Å². The number of carbonyl (C=O) groups excluding carboxylic acids is 1. The van der Waals surface area contributed by atoms with Gasteiger partial charge in [0.15, 0.2) is 0 Å². The zero-order valence-corrected chi connectivity index (χ0v) is 14.8. The van der Waals surface area contributed by atoms with Crippen LogP contribution in [0.2, 0.25) is 0 Å². The first-order valence-corrected chi connectivity index (χ1v) is 8.82. The Hall–Kier alpha value is -3.41. The number of hydrogen-bond acceptors (Lipinski definition) is 4. The van der Waals surface area contributed by atoms with Gasteiger partial charge < -0.3 is 15.4 Å². The average molecular weight is 361 g/mol. The predicted octanol–water partition coefficient (Wildman–Crippen LogP) is 3.01. The maximum absolute atomic E-state index is 12.1. The molecule has 0 saturated heterocycles. The summed E-state index contributed by atoms with van der Waals surface area (Å²) < 4.78 is 0. The summed E-state index contributed by atoms with van der Waals surface area (Å²) in [5.74, 6) is 0.122. The van der Waals surface area contributed by atoms with Crippen LogP contribution in [0.4, 0.5) is 0 Å². The van der Waals surface area contributed by atoms with Crippen LogP contribution in [0.3, 0.4) is 0 Å². The molecule has 0 atom stereocenters. The number of carbonyl (C=O) groups is 1. The van der Waals surface area contributed by atoms with Gasteiger partial charge >= 0.3 is 5.69 Å². The Kier molecular flexibility index (Phi) is 4.24. The van der Waals surface area contributed by atoms with E-state index in [0.717, 1.165) is 24.0 Å². The molecule has 2 aromatic carbocycles. The molecule has 1 amide bonds. The number of rotatable bonds is 4. The molecule has 0 aliphatic heterocycles. The molecule has 6 nitrogen and oxygen atoms in total. The van der Waals surface area contributed by atoms with Crippen molar-refractivity contribution in [3.05, 3.63) is 70.1 Å². The Balaban J connectivity index is 1.65. The first-order chi connectivity index (χ1) is 13.0. The lowest BCUT2D eigenvalue weighted by atomic mass is 10.0. The monoisotopic (exact) mass is 361 g/mol. The number of amides is 1. The zero-order valence-electron chi connectivity index (χ0n) is 14.8. The van der Waals surface area contributed by atoms with Crippen LogP contribution in [0.5, 0.6) is 5.75 Å². The van der Waals surface area contributed by atoms with Gasteiger partial charge in [-0.2, -0.15) is 4.98 Å². The summed E-state index contributed by atoms with van der Waals surface area (Å²) in [6.45, 7) is 1.79. The number of nitrogens with one attached hydrogen (secondary N) is 2. The van der Waals surface area contributed by atoms with E-state index in [2.05, 4.69) is 15.3 Å². The number of aryl methyl sites for hydroxylation is 1. The maximum Gasteiger partial charge on any atom is 0.345 e. The summed E-state index contributed by atoms with van der Waals surface area (Å²) >= 11 is 0. The number of aromatic amines is 1.